The van der Waals surface area contributed by atoms with Gasteiger partial charge in [-0.25, -0.2) is 0 Å². The molecule has 78 valence electrons. The Morgan fingerprint density at radius 3 is 2.08 bits per heavy atom. The predicted molar refractivity (Wildman–Crippen MR) is 54.5 cm³/mol. The molecule has 0 saturated heterocycles. The van der Waals surface area contributed by atoms with Crippen molar-refractivity contribution < 1.29 is 9.53 Å². The summed E-state index contributed by atoms with van der Waals surface area (Å²) in [5, 5.41) is 0. The van der Waals surface area contributed by atoms with E-state index in [2.05, 4.69) is 20.8 Å². The van der Waals surface area contributed by atoms with Gasteiger partial charge >= 0.3 is 5.97 Å². The number of hydrogen-bond donors (Lipinski definition) is 0. The van der Waals surface area contributed by atoms with Crippen molar-refractivity contribution >= 4 is 5.97 Å². The van der Waals surface area contributed by atoms with Gasteiger partial charge in [-0.1, -0.05) is 27.2 Å². The molecule has 0 amide bonds. The number of carbonyl (C=O) groups excluding carboxylic acids is 1. The number of ether oxygens (including phenoxy) is 1. The van der Waals surface area contributed by atoms with Crippen LogP contribution in [0.5, 0.6) is 0 Å². The minimum atomic E-state index is -0.0597. The van der Waals surface area contributed by atoms with Gasteiger partial charge in [0.15, 0.2) is 0 Å². The third-order valence-corrected chi connectivity index (χ3v) is 2.26. The Morgan fingerprint density at radius 2 is 1.77 bits per heavy atom. The van der Waals surface area contributed by atoms with Gasteiger partial charge in [-0.15, -0.1) is 0 Å². The Bertz CT molecular complexity index is 150. The van der Waals surface area contributed by atoms with Crippen molar-refractivity contribution in [2.24, 2.45) is 11.8 Å². The molecule has 0 aromatic heterocycles. The Hall–Kier alpha value is -0.530. The van der Waals surface area contributed by atoms with Crippen LogP contribution in [0.25, 0.3) is 0 Å². The average molecular weight is 186 g/mol. The molecule has 0 fully saturated rings. The third kappa shape index (κ3) is 5.67. The first-order valence-electron chi connectivity index (χ1n) is 5.16. The maximum atomic E-state index is 11.3. The molecule has 0 rings (SSSR count). The van der Waals surface area contributed by atoms with E-state index in [1.165, 1.54) is 0 Å². The summed E-state index contributed by atoms with van der Waals surface area (Å²) in [5.41, 5.74) is 0. The Balaban J connectivity index is 3.87. The van der Waals surface area contributed by atoms with Crippen LogP contribution in [-0.4, -0.2) is 12.1 Å². The lowest BCUT2D eigenvalue weighted by Crippen LogP contribution is -2.18. The van der Waals surface area contributed by atoms with Crippen LogP contribution in [0.1, 0.15) is 47.5 Å². The van der Waals surface area contributed by atoms with Crippen LogP contribution in [0.3, 0.4) is 0 Å². The highest BCUT2D eigenvalue weighted by Crippen LogP contribution is 2.19. The highest BCUT2D eigenvalue weighted by atomic mass is 16.5. The fraction of sp³-hybridized carbons (Fsp3) is 0.909. The maximum Gasteiger partial charge on any atom is 0.306 e. The standard InChI is InChI=1S/C11H22O2/c1-6-10(8(2)3)7-11(12)13-9(4)5/h8-10H,6-7H2,1-5H3. The van der Waals surface area contributed by atoms with E-state index >= 15 is 0 Å². The topological polar surface area (TPSA) is 26.3 Å². The predicted octanol–water partition coefficient (Wildman–Crippen LogP) is 3.01. The van der Waals surface area contributed by atoms with E-state index in [1.807, 2.05) is 13.8 Å². The van der Waals surface area contributed by atoms with Crippen molar-refractivity contribution in [2.75, 3.05) is 0 Å². The van der Waals surface area contributed by atoms with Crippen LogP contribution in [-0.2, 0) is 9.53 Å². The number of rotatable bonds is 5. The van der Waals surface area contributed by atoms with E-state index in [1.54, 1.807) is 0 Å². The molecule has 0 aliphatic rings. The fourth-order valence-corrected chi connectivity index (χ4v) is 1.38. The SMILES string of the molecule is CCC(CC(=O)OC(C)C)C(C)C. The highest BCUT2D eigenvalue weighted by Gasteiger charge is 2.16. The van der Waals surface area contributed by atoms with Crippen LogP contribution in [0.2, 0.25) is 0 Å². The first-order chi connectivity index (χ1) is 5.97. The first kappa shape index (κ1) is 12.5. The molecule has 0 heterocycles. The summed E-state index contributed by atoms with van der Waals surface area (Å²) < 4.78 is 5.09. The molecule has 0 radical (unpaired) electrons. The summed E-state index contributed by atoms with van der Waals surface area (Å²) in [6.07, 6.45) is 1.62. The number of hydrogen-bond acceptors (Lipinski definition) is 2. The van der Waals surface area contributed by atoms with E-state index in [4.69, 9.17) is 4.74 Å². The Kier molecular flexibility index (Phi) is 5.76. The number of carbonyl (C=O) groups is 1. The van der Waals surface area contributed by atoms with Crippen LogP contribution in [0.4, 0.5) is 0 Å². The highest BCUT2D eigenvalue weighted by molar-refractivity contribution is 5.69. The summed E-state index contributed by atoms with van der Waals surface area (Å²) in [6.45, 7) is 10.2. The molecule has 0 spiro atoms. The molecular weight excluding hydrogens is 164 g/mol. The van der Waals surface area contributed by atoms with E-state index in [9.17, 15) is 4.79 Å². The molecule has 2 heteroatoms. The molecule has 0 aliphatic heterocycles. The molecule has 0 N–H and O–H groups in total. The summed E-state index contributed by atoms with van der Waals surface area (Å²) in [5.74, 6) is 0.964. The van der Waals surface area contributed by atoms with Crippen LogP contribution >= 0.6 is 0 Å². The van der Waals surface area contributed by atoms with Gasteiger partial charge in [-0.3, -0.25) is 4.79 Å². The lowest BCUT2D eigenvalue weighted by molar-refractivity contribution is -0.148. The van der Waals surface area contributed by atoms with Crippen molar-refractivity contribution in [1.29, 1.82) is 0 Å². The van der Waals surface area contributed by atoms with Crippen molar-refractivity contribution in [3.05, 3.63) is 0 Å². The Labute approximate surface area is 81.7 Å². The smallest absolute Gasteiger partial charge is 0.306 e. The molecule has 1 unspecified atom stereocenters. The average Bonchev–Trinajstić information content (AvgIpc) is 1.98. The van der Waals surface area contributed by atoms with Gasteiger partial charge in [0.05, 0.1) is 6.10 Å². The molecule has 0 bridgehead atoms. The fourth-order valence-electron chi connectivity index (χ4n) is 1.38. The first-order valence-corrected chi connectivity index (χ1v) is 5.16. The van der Waals surface area contributed by atoms with Gasteiger partial charge in [0, 0.05) is 6.42 Å². The van der Waals surface area contributed by atoms with Crippen LogP contribution in [0, 0.1) is 11.8 Å². The minimum absolute atomic E-state index is 0.0113. The second-order valence-corrected chi connectivity index (χ2v) is 4.16. The second kappa shape index (κ2) is 6.01. The monoisotopic (exact) mass is 186 g/mol. The maximum absolute atomic E-state index is 11.3. The van der Waals surface area contributed by atoms with Crippen molar-refractivity contribution in [3.63, 3.8) is 0 Å². The van der Waals surface area contributed by atoms with Crippen LogP contribution < -0.4 is 0 Å². The zero-order chi connectivity index (χ0) is 10.4. The van der Waals surface area contributed by atoms with Gasteiger partial charge in [0.2, 0.25) is 0 Å². The van der Waals surface area contributed by atoms with E-state index < -0.39 is 0 Å². The van der Waals surface area contributed by atoms with Crippen molar-refractivity contribution in [2.45, 2.75) is 53.6 Å². The zero-order valence-electron chi connectivity index (χ0n) is 9.46. The quantitative estimate of drug-likeness (QED) is 0.617. The molecule has 0 aromatic carbocycles. The molecule has 0 aliphatic carbocycles. The largest absolute Gasteiger partial charge is 0.463 e. The summed E-state index contributed by atoms with van der Waals surface area (Å²) in [6, 6.07) is 0. The van der Waals surface area contributed by atoms with Crippen LogP contribution in [0.15, 0.2) is 0 Å². The van der Waals surface area contributed by atoms with Gasteiger partial charge in [-0.05, 0) is 25.7 Å². The third-order valence-electron chi connectivity index (χ3n) is 2.26. The lowest BCUT2D eigenvalue weighted by Gasteiger charge is -2.18. The number of esters is 1. The normalized spacial score (nSPS) is 13.5. The molecule has 0 aromatic rings. The van der Waals surface area contributed by atoms with Gasteiger partial charge in [0.1, 0.15) is 0 Å². The van der Waals surface area contributed by atoms with E-state index in [-0.39, 0.29) is 12.1 Å². The summed E-state index contributed by atoms with van der Waals surface area (Å²) in [4.78, 5) is 11.3. The van der Waals surface area contributed by atoms with Gasteiger partial charge in [-0.2, -0.15) is 0 Å². The van der Waals surface area contributed by atoms with Crippen molar-refractivity contribution in [1.82, 2.24) is 0 Å². The Morgan fingerprint density at radius 1 is 1.23 bits per heavy atom. The van der Waals surface area contributed by atoms with Crippen molar-refractivity contribution in [3.8, 4) is 0 Å². The summed E-state index contributed by atoms with van der Waals surface area (Å²) in [7, 11) is 0. The molecule has 13 heavy (non-hydrogen) atoms. The van der Waals surface area contributed by atoms with Gasteiger partial charge in [0.25, 0.3) is 0 Å². The molecule has 0 saturated carbocycles. The van der Waals surface area contributed by atoms with E-state index in [0.29, 0.717) is 18.3 Å². The van der Waals surface area contributed by atoms with E-state index in [0.717, 1.165) is 6.42 Å². The zero-order valence-corrected chi connectivity index (χ0v) is 9.46. The second-order valence-electron chi connectivity index (χ2n) is 4.16. The molecular formula is C11H22O2. The molecule has 2 nitrogen and oxygen atoms in total. The molecule has 1 atom stereocenters. The lowest BCUT2D eigenvalue weighted by atomic mass is 9.90. The van der Waals surface area contributed by atoms with Gasteiger partial charge < -0.3 is 4.74 Å². The summed E-state index contributed by atoms with van der Waals surface area (Å²) >= 11 is 0. The minimum Gasteiger partial charge on any atom is -0.463 e.